The number of hydrogen-bond donors (Lipinski definition) is 0. The molecule has 0 saturated carbocycles. The second-order valence-electron chi connectivity index (χ2n) is 17.2. The summed E-state index contributed by atoms with van der Waals surface area (Å²) in [6.07, 6.45) is 10.9. The lowest BCUT2D eigenvalue weighted by Crippen LogP contribution is -2.01. The van der Waals surface area contributed by atoms with E-state index in [4.69, 9.17) is 39.3 Å². The maximum atomic E-state index is 6.78. The van der Waals surface area contributed by atoms with Crippen LogP contribution < -0.4 is 0 Å². The molecule has 14 rings (SSSR count). The zero-order valence-electron chi connectivity index (χ0n) is 36.6. The number of furan rings is 1. The van der Waals surface area contributed by atoms with Crippen molar-refractivity contribution in [1.82, 2.24) is 39.9 Å². The third kappa shape index (κ3) is 6.40. The van der Waals surface area contributed by atoms with Crippen LogP contribution in [0.25, 0.3) is 144 Å². The summed E-state index contributed by atoms with van der Waals surface area (Å²) in [4.78, 5) is 39.7. The van der Waals surface area contributed by atoms with Crippen LogP contribution in [0.4, 0.5) is 0 Å². The fourth-order valence-electron chi connectivity index (χ4n) is 9.94. The van der Waals surface area contributed by atoms with E-state index < -0.39 is 0 Å². The molecular weight excluding hydrogens is 849 g/mol. The summed E-state index contributed by atoms with van der Waals surface area (Å²) in [5.41, 5.74) is 13.3. The molecule has 9 nitrogen and oxygen atoms in total. The van der Waals surface area contributed by atoms with Crippen LogP contribution >= 0.6 is 0 Å². The molecule has 7 aromatic carbocycles. The number of fused-ring (bicyclic) bond motifs is 11. The van der Waals surface area contributed by atoms with Crippen molar-refractivity contribution in [3.05, 3.63) is 207 Å². The topological polar surface area (TPSA) is 116 Å². The van der Waals surface area contributed by atoms with Gasteiger partial charge in [0.15, 0.2) is 17.5 Å². The van der Waals surface area contributed by atoms with Gasteiger partial charge in [0, 0.05) is 80.6 Å². The number of hydrogen-bond acceptors (Lipinski definition) is 9. The first-order chi connectivity index (χ1) is 34.2. The minimum atomic E-state index is 0.491. The van der Waals surface area contributed by atoms with E-state index in [9.17, 15) is 0 Å². The molecule has 7 aromatic heterocycles. The van der Waals surface area contributed by atoms with Crippen molar-refractivity contribution in [3.63, 3.8) is 0 Å². The molecule has 0 bridgehead atoms. The second kappa shape index (κ2) is 15.5. The average molecular weight is 883 g/mol. The van der Waals surface area contributed by atoms with Gasteiger partial charge in [-0.2, -0.15) is 0 Å². The van der Waals surface area contributed by atoms with Crippen molar-refractivity contribution in [1.29, 1.82) is 0 Å². The average Bonchev–Trinajstić information content (AvgIpc) is 3.82. The van der Waals surface area contributed by atoms with Crippen LogP contribution in [0.1, 0.15) is 0 Å². The number of benzene rings is 7. The van der Waals surface area contributed by atoms with Gasteiger partial charge in [-0.1, -0.05) is 97.1 Å². The van der Waals surface area contributed by atoms with E-state index >= 15 is 0 Å². The first kappa shape index (κ1) is 38.6. The monoisotopic (exact) mass is 882 g/mol. The molecule has 0 aliphatic carbocycles. The van der Waals surface area contributed by atoms with Gasteiger partial charge < -0.3 is 4.42 Å². The van der Waals surface area contributed by atoms with Crippen LogP contribution in [0.15, 0.2) is 211 Å². The molecule has 0 aliphatic heterocycles. The second-order valence-corrected chi connectivity index (χ2v) is 17.2. The van der Waals surface area contributed by atoms with Crippen LogP contribution in [0, 0.1) is 0 Å². The SMILES string of the molecule is c1cncc(-c2ccc(-c3nc(-c4cc(-c5cc6cccnc6c6ncccc56)cc(-c5cc6cccnc6c6ncccc56)c4)nc(-c4cccc5c4oc4ccc6ccccc6c45)n3)cc2)c1. The number of rotatable bonds is 6. The molecule has 0 N–H and O–H groups in total. The first-order valence-electron chi connectivity index (χ1n) is 22.7. The highest BCUT2D eigenvalue weighted by molar-refractivity contribution is 6.20. The predicted molar refractivity (Wildman–Crippen MR) is 276 cm³/mol. The lowest BCUT2D eigenvalue weighted by molar-refractivity contribution is 0.670. The number of para-hydroxylation sites is 1. The molecular formula is C60H34N8O. The van der Waals surface area contributed by atoms with Crippen LogP contribution in [0.2, 0.25) is 0 Å². The molecule has 0 fully saturated rings. The zero-order chi connectivity index (χ0) is 45.4. The van der Waals surface area contributed by atoms with E-state index in [2.05, 4.69) is 132 Å². The Balaban J connectivity index is 1.05. The largest absolute Gasteiger partial charge is 0.455 e. The molecule has 0 saturated heterocycles. The Morgan fingerprint density at radius 1 is 0.319 bits per heavy atom. The summed E-state index contributed by atoms with van der Waals surface area (Å²) in [6.45, 7) is 0. The Labute approximate surface area is 393 Å². The molecule has 7 heterocycles. The van der Waals surface area contributed by atoms with Crippen LogP contribution in [0.3, 0.4) is 0 Å². The Bertz CT molecular complexity index is 4240. The van der Waals surface area contributed by atoms with Gasteiger partial charge in [0.05, 0.1) is 27.6 Å². The summed E-state index contributed by atoms with van der Waals surface area (Å²) < 4.78 is 6.78. The van der Waals surface area contributed by atoms with Crippen LogP contribution in [-0.4, -0.2) is 39.9 Å². The van der Waals surface area contributed by atoms with Crippen LogP contribution in [0.5, 0.6) is 0 Å². The van der Waals surface area contributed by atoms with E-state index in [0.717, 1.165) is 121 Å². The maximum absolute atomic E-state index is 6.78. The smallest absolute Gasteiger partial charge is 0.167 e. The van der Waals surface area contributed by atoms with Crippen molar-refractivity contribution < 1.29 is 4.42 Å². The molecule has 0 unspecified atom stereocenters. The summed E-state index contributed by atoms with van der Waals surface area (Å²) >= 11 is 0. The van der Waals surface area contributed by atoms with Gasteiger partial charge in [-0.05, 0) is 117 Å². The first-order valence-corrected chi connectivity index (χ1v) is 22.7. The molecule has 0 atom stereocenters. The molecule has 320 valence electrons. The van der Waals surface area contributed by atoms with Crippen LogP contribution in [-0.2, 0) is 0 Å². The number of nitrogens with zero attached hydrogens (tertiary/aromatic N) is 8. The van der Waals surface area contributed by atoms with E-state index in [0.29, 0.717) is 23.1 Å². The van der Waals surface area contributed by atoms with Gasteiger partial charge in [-0.3, -0.25) is 24.9 Å². The molecule has 0 aliphatic rings. The Kier molecular flexibility index (Phi) is 8.68. The fourth-order valence-corrected chi connectivity index (χ4v) is 9.94. The van der Waals surface area contributed by atoms with Gasteiger partial charge in [-0.25, -0.2) is 15.0 Å². The van der Waals surface area contributed by atoms with Crippen molar-refractivity contribution >= 4 is 76.3 Å². The van der Waals surface area contributed by atoms with Gasteiger partial charge in [-0.15, -0.1) is 0 Å². The van der Waals surface area contributed by atoms with Crippen molar-refractivity contribution in [2.75, 3.05) is 0 Å². The van der Waals surface area contributed by atoms with E-state index in [-0.39, 0.29) is 0 Å². The third-order valence-electron chi connectivity index (χ3n) is 13.1. The Morgan fingerprint density at radius 2 is 0.870 bits per heavy atom. The number of aromatic nitrogens is 8. The summed E-state index contributed by atoms with van der Waals surface area (Å²) in [5.74, 6) is 1.52. The van der Waals surface area contributed by atoms with Crippen molar-refractivity contribution in [2.45, 2.75) is 0 Å². The van der Waals surface area contributed by atoms with Gasteiger partial charge in [0.1, 0.15) is 11.2 Å². The zero-order valence-corrected chi connectivity index (χ0v) is 36.6. The fraction of sp³-hybridized carbons (Fsp3) is 0. The summed E-state index contributed by atoms with van der Waals surface area (Å²) in [6, 6.07) is 58.4. The number of pyridine rings is 5. The Morgan fingerprint density at radius 3 is 1.55 bits per heavy atom. The minimum absolute atomic E-state index is 0.491. The third-order valence-corrected chi connectivity index (χ3v) is 13.1. The lowest BCUT2D eigenvalue weighted by Gasteiger charge is -2.16. The molecule has 0 spiro atoms. The predicted octanol–water partition coefficient (Wildman–Crippen LogP) is 14.5. The molecule has 14 aromatic rings. The highest BCUT2D eigenvalue weighted by Crippen LogP contribution is 2.42. The lowest BCUT2D eigenvalue weighted by atomic mass is 9.91. The molecule has 9 heteroatoms. The normalized spacial score (nSPS) is 11.8. The molecule has 0 radical (unpaired) electrons. The molecule has 0 amide bonds. The van der Waals surface area contributed by atoms with Gasteiger partial charge >= 0.3 is 0 Å². The highest BCUT2D eigenvalue weighted by atomic mass is 16.3. The maximum Gasteiger partial charge on any atom is 0.167 e. The minimum Gasteiger partial charge on any atom is -0.455 e. The van der Waals surface area contributed by atoms with E-state index in [1.54, 1.807) is 6.20 Å². The highest BCUT2D eigenvalue weighted by Gasteiger charge is 2.22. The van der Waals surface area contributed by atoms with E-state index in [1.807, 2.05) is 73.4 Å². The Hall–Kier alpha value is -9.60. The summed E-state index contributed by atoms with van der Waals surface area (Å²) in [5, 5.41) is 8.26. The quantitative estimate of drug-likeness (QED) is 0.150. The van der Waals surface area contributed by atoms with Crippen molar-refractivity contribution in [2.24, 2.45) is 0 Å². The molecule has 69 heavy (non-hydrogen) atoms. The van der Waals surface area contributed by atoms with Gasteiger partial charge in [0.2, 0.25) is 0 Å². The summed E-state index contributed by atoms with van der Waals surface area (Å²) in [7, 11) is 0. The standard InChI is InChI=1S/C60H34N8O/c1-2-13-44-36(9-1)22-23-51-52(44)47-14-3-15-48(57(47)69-51)60-67-58(37-20-18-35(19-21-37)40-12-4-24-61-34-40)66-59(68-60)43-30-41(49-32-38-10-5-25-62-53(38)55-45(49)16-7-27-64-55)29-42(31-43)50-33-39-11-6-26-63-54(39)56-46(50)17-8-28-65-56/h1-34H. The van der Waals surface area contributed by atoms with Gasteiger partial charge in [0.25, 0.3) is 0 Å². The van der Waals surface area contributed by atoms with Crippen molar-refractivity contribution in [3.8, 4) is 67.5 Å². The van der Waals surface area contributed by atoms with E-state index in [1.165, 1.54) is 0 Å².